The van der Waals surface area contributed by atoms with Gasteiger partial charge in [0.1, 0.15) is 0 Å². The highest BCUT2D eigenvalue weighted by Gasteiger charge is 2.46. The molecular formula is C20H25N3O2. The van der Waals surface area contributed by atoms with Crippen LogP contribution in [0.5, 0.6) is 0 Å². The first kappa shape index (κ1) is 16.3. The van der Waals surface area contributed by atoms with Crippen LogP contribution in [-0.4, -0.2) is 39.8 Å². The predicted molar refractivity (Wildman–Crippen MR) is 94.9 cm³/mol. The van der Waals surface area contributed by atoms with E-state index in [1.54, 1.807) is 0 Å². The minimum Gasteiger partial charge on any atom is -0.373 e. The maximum atomic E-state index is 12.7. The van der Waals surface area contributed by atoms with Crippen LogP contribution in [0.15, 0.2) is 42.7 Å². The van der Waals surface area contributed by atoms with Gasteiger partial charge in [-0.1, -0.05) is 30.3 Å². The first-order valence-electron chi connectivity index (χ1n) is 9.13. The number of likely N-dealkylation sites (tertiary alicyclic amines) is 1. The number of rotatable bonds is 5. The quantitative estimate of drug-likeness (QED) is 0.841. The fourth-order valence-corrected chi connectivity index (χ4v) is 3.73. The fraction of sp³-hybridized carbons (Fsp3) is 0.500. The number of benzene rings is 1. The minimum atomic E-state index is 0.158. The lowest BCUT2D eigenvalue weighted by Crippen LogP contribution is -2.41. The van der Waals surface area contributed by atoms with Crippen LogP contribution in [0.1, 0.15) is 36.3 Å². The summed E-state index contributed by atoms with van der Waals surface area (Å²) in [6.07, 6.45) is 7.02. The Morgan fingerprint density at radius 3 is 2.68 bits per heavy atom. The molecule has 5 nitrogen and oxygen atoms in total. The summed E-state index contributed by atoms with van der Waals surface area (Å²) in [5, 5.41) is 4.21. The normalized spacial score (nSPS) is 23.6. The van der Waals surface area contributed by atoms with Crippen molar-refractivity contribution in [3.63, 3.8) is 0 Å². The minimum absolute atomic E-state index is 0.158. The molecule has 1 aliphatic carbocycles. The number of hydrogen-bond acceptors (Lipinski definition) is 3. The zero-order valence-electron chi connectivity index (χ0n) is 14.7. The van der Waals surface area contributed by atoms with Gasteiger partial charge in [0, 0.05) is 32.3 Å². The van der Waals surface area contributed by atoms with Crippen molar-refractivity contribution in [1.29, 1.82) is 0 Å². The molecule has 1 saturated heterocycles. The third-order valence-corrected chi connectivity index (χ3v) is 5.34. The summed E-state index contributed by atoms with van der Waals surface area (Å²) in [6.45, 7) is 2.29. The van der Waals surface area contributed by atoms with E-state index in [0.29, 0.717) is 18.4 Å². The standard InChI is InChI=1S/C20H25N3O2/c1-22-13-16(12-21-22)18-11-19(18)20(24)23-9-7-17(8-10-23)25-14-15-5-3-2-4-6-15/h2-6,12-13,17-19H,7-11,14H2,1H3/t18-,19-/m1/s1. The van der Waals surface area contributed by atoms with Crippen LogP contribution in [-0.2, 0) is 23.2 Å². The predicted octanol–water partition coefficient (Wildman–Crippen LogP) is 2.73. The molecule has 2 aliphatic rings. The molecule has 0 radical (unpaired) electrons. The number of nitrogens with zero attached hydrogens (tertiary/aromatic N) is 3. The molecule has 1 saturated carbocycles. The highest BCUT2D eigenvalue weighted by atomic mass is 16.5. The van der Waals surface area contributed by atoms with Crippen molar-refractivity contribution in [2.45, 2.75) is 37.9 Å². The average Bonchev–Trinajstić information content (AvgIpc) is 3.34. The smallest absolute Gasteiger partial charge is 0.226 e. The Bertz CT molecular complexity index is 720. The zero-order chi connectivity index (χ0) is 17.2. The Hall–Kier alpha value is -2.14. The Balaban J connectivity index is 1.23. The first-order valence-corrected chi connectivity index (χ1v) is 9.13. The second-order valence-electron chi connectivity index (χ2n) is 7.22. The number of ether oxygens (including phenoxy) is 1. The Kier molecular flexibility index (Phi) is 4.57. The molecule has 1 aromatic heterocycles. The molecule has 0 bridgehead atoms. The van der Waals surface area contributed by atoms with Gasteiger partial charge in [-0.05, 0) is 36.3 Å². The number of carbonyl (C=O) groups excluding carboxylic acids is 1. The summed E-state index contributed by atoms with van der Waals surface area (Å²) in [7, 11) is 1.92. The van der Waals surface area contributed by atoms with Crippen LogP contribution in [0.2, 0.25) is 0 Å². The Morgan fingerprint density at radius 2 is 2.00 bits per heavy atom. The van der Waals surface area contributed by atoms with Crippen molar-refractivity contribution in [3.8, 4) is 0 Å². The maximum Gasteiger partial charge on any atom is 0.226 e. The largest absolute Gasteiger partial charge is 0.373 e. The molecular weight excluding hydrogens is 314 g/mol. The first-order chi connectivity index (χ1) is 12.2. The van der Waals surface area contributed by atoms with Gasteiger partial charge in [0.15, 0.2) is 0 Å². The van der Waals surface area contributed by atoms with E-state index < -0.39 is 0 Å². The van der Waals surface area contributed by atoms with E-state index in [-0.39, 0.29) is 12.0 Å². The number of hydrogen-bond donors (Lipinski definition) is 0. The molecule has 4 rings (SSSR count). The monoisotopic (exact) mass is 339 g/mol. The molecule has 0 N–H and O–H groups in total. The van der Waals surface area contributed by atoms with Crippen molar-refractivity contribution >= 4 is 5.91 Å². The molecule has 0 unspecified atom stereocenters. The lowest BCUT2D eigenvalue weighted by Gasteiger charge is -2.32. The second-order valence-corrected chi connectivity index (χ2v) is 7.22. The number of aryl methyl sites for hydroxylation is 1. The van der Waals surface area contributed by atoms with E-state index in [9.17, 15) is 4.79 Å². The van der Waals surface area contributed by atoms with Gasteiger partial charge in [0.2, 0.25) is 5.91 Å². The van der Waals surface area contributed by atoms with Gasteiger partial charge in [0.25, 0.3) is 0 Å². The van der Waals surface area contributed by atoms with E-state index in [1.807, 2.05) is 47.2 Å². The zero-order valence-corrected chi connectivity index (χ0v) is 14.7. The van der Waals surface area contributed by atoms with Crippen LogP contribution >= 0.6 is 0 Å². The number of aromatic nitrogens is 2. The van der Waals surface area contributed by atoms with Crippen LogP contribution in [0.3, 0.4) is 0 Å². The lowest BCUT2D eigenvalue weighted by molar-refractivity contribution is -0.135. The molecule has 2 atom stereocenters. The molecule has 1 aromatic carbocycles. The summed E-state index contributed by atoms with van der Waals surface area (Å²) in [5.74, 6) is 0.842. The molecule has 5 heteroatoms. The van der Waals surface area contributed by atoms with E-state index in [2.05, 4.69) is 17.2 Å². The fourth-order valence-electron chi connectivity index (χ4n) is 3.73. The Morgan fingerprint density at radius 1 is 1.24 bits per heavy atom. The molecule has 1 aliphatic heterocycles. The van der Waals surface area contributed by atoms with Crippen molar-refractivity contribution in [2.75, 3.05) is 13.1 Å². The topological polar surface area (TPSA) is 47.4 Å². The van der Waals surface area contributed by atoms with E-state index in [0.717, 1.165) is 32.4 Å². The molecule has 132 valence electrons. The molecule has 2 aromatic rings. The maximum absolute atomic E-state index is 12.7. The van der Waals surface area contributed by atoms with Gasteiger partial charge >= 0.3 is 0 Å². The van der Waals surface area contributed by atoms with Gasteiger partial charge in [-0.2, -0.15) is 5.10 Å². The van der Waals surface area contributed by atoms with Crippen LogP contribution in [0, 0.1) is 5.92 Å². The van der Waals surface area contributed by atoms with Crippen molar-refractivity contribution < 1.29 is 9.53 Å². The summed E-state index contributed by atoms with van der Waals surface area (Å²) >= 11 is 0. The van der Waals surface area contributed by atoms with Gasteiger partial charge in [0.05, 0.1) is 18.9 Å². The summed E-state index contributed by atoms with van der Waals surface area (Å²) in [5.41, 5.74) is 2.40. The van der Waals surface area contributed by atoms with Gasteiger partial charge in [-0.3, -0.25) is 9.48 Å². The van der Waals surface area contributed by atoms with Crippen LogP contribution in [0.25, 0.3) is 0 Å². The van der Waals surface area contributed by atoms with Crippen LogP contribution < -0.4 is 0 Å². The van der Waals surface area contributed by atoms with Gasteiger partial charge < -0.3 is 9.64 Å². The second kappa shape index (κ2) is 7.00. The summed E-state index contributed by atoms with van der Waals surface area (Å²) < 4.78 is 7.83. The van der Waals surface area contributed by atoms with E-state index in [4.69, 9.17) is 4.74 Å². The van der Waals surface area contributed by atoms with E-state index in [1.165, 1.54) is 11.1 Å². The average molecular weight is 339 g/mol. The molecule has 2 fully saturated rings. The van der Waals surface area contributed by atoms with Gasteiger partial charge in [-0.15, -0.1) is 0 Å². The summed E-state index contributed by atoms with van der Waals surface area (Å²) in [6, 6.07) is 10.3. The van der Waals surface area contributed by atoms with Crippen molar-refractivity contribution in [1.82, 2.24) is 14.7 Å². The molecule has 25 heavy (non-hydrogen) atoms. The third-order valence-electron chi connectivity index (χ3n) is 5.34. The lowest BCUT2D eigenvalue weighted by atomic mass is 10.1. The SMILES string of the molecule is Cn1cc([C@H]2C[C@H]2C(=O)N2CCC(OCc3ccccc3)CC2)cn1. The Labute approximate surface area is 148 Å². The molecule has 2 heterocycles. The molecule has 1 amide bonds. The molecule has 0 spiro atoms. The number of piperidine rings is 1. The van der Waals surface area contributed by atoms with E-state index >= 15 is 0 Å². The summed E-state index contributed by atoms with van der Waals surface area (Å²) in [4.78, 5) is 14.7. The number of carbonyl (C=O) groups is 1. The van der Waals surface area contributed by atoms with Crippen molar-refractivity contribution in [2.24, 2.45) is 13.0 Å². The highest BCUT2D eigenvalue weighted by Crippen LogP contribution is 2.48. The van der Waals surface area contributed by atoms with Crippen LogP contribution in [0.4, 0.5) is 0 Å². The van der Waals surface area contributed by atoms with Crippen molar-refractivity contribution in [3.05, 3.63) is 53.9 Å². The highest BCUT2D eigenvalue weighted by molar-refractivity contribution is 5.83. The number of amides is 1. The third kappa shape index (κ3) is 3.76. The van der Waals surface area contributed by atoms with Gasteiger partial charge in [-0.25, -0.2) is 0 Å².